The summed E-state index contributed by atoms with van der Waals surface area (Å²) in [6, 6.07) is 0.233. The molecule has 0 aromatic rings. The van der Waals surface area contributed by atoms with E-state index < -0.39 is 0 Å². The summed E-state index contributed by atoms with van der Waals surface area (Å²) in [5.41, 5.74) is 0. The lowest BCUT2D eigenvalue weighted by Gasteiger charge is -2.26. The number of nitrogens with one attached hydrogen (secondary N) is 1. The van der Waals surface area contributed by atoms with Crippen LogP contribution in [0.3, 0.4) is 0 Å². The van der Waals surface area contributed by atoms with Gasteiger partial charge in [0.05, 0.1) is 6.61 Å². The minimum absolute atomic E-state index is 0.00407. The SMILES string of the molecule is CC#CC1CC(NC(C)=O)CCO1. The van der Waals surface area contributed by atoms with E-state index in [-0.39, 0.29) is 18.1 Å². The van der Waals surface area contributed by atoms with E-state index in [1.165, 1.54) is 6.92 Å². The molecule has 13 heavy (non-hydrogen) atoms. The molecule has 1 heterocycles. The van der Waals surface area contributed by atoms with Crippen LogP contribution in [0.25, 0.3) is 0 Å². The third-order valence-electron chi connectivity index (χ3n) is 2.00. The molecule has 1 aliphatic heterocycles. The molecule has 1 amide bonds. The number of ether oxygens (including phenoxy) is 1. The Balaban J connectivity index is 2.40. The van der Waals surface area contributed by atoms with Gasteiger partial charge in [0.15, 0.2) is 0 Å². The van der Waals surface area contributed by atoms with Gasteiger partial charge in [-0.1, -0.05) is 5.92 Å². The molecule has 1 saturated heterocycles. The van der Waals surface area contributed by atoms with Crippen LogP contribution in [0.5, 0.6) is 0 Å². The Morgan fingerprint density at radius 1 is 1.62 bits per heavy atom. The monoisotopic (exact) mass is 181 g/mol. The highest BCUT2D eigenvalue weighted by Crippen LogP contribution is 2.12. The maximum atomic E-state index is 10.8. The van der Waals surface area contributed by atoms with Gasteiger partial charge in [-0.05, 0) is 13.3 Å². The van der Waals surface area contributed by atoms with Crippen molar-refractivity contribution in [3.63, 3.8) is 0 Å². The van der Waals surface area contributed by atoms with Crippen LogP contribution in [0, 0.1) is 11.8 Å². The predicted octanol–water partition coefficient (Wildman–Crippen LogP) is 0.693. The van der Waals surface area contributed by atoms with E-state index in [9.17, 15) is 4.79 Å². The van der Waals surface area contributed by atoms with Crippen LogP contribution in [-0.4, -0.2) is 24.7 Å². The van der Waals surface area contributed by atoms with Crippen LogP contribution in [0.1, 0.15) is 26.7 Å². The zero-order chi connectivity index (χ0) is 9.68. The van der Waals surface area contributed by atoms with Gasteiger partial charge in [-0.2, -0.15) is 0 Å². The van der Waals surface area contributed by atoms with E-state index >= 15 is 0 Å². The number of amides is 1. The lowest BCUT2D eigenvalue weighted by molar-refractivity contribution is -0.120. The van der Waals surface area contributed by atoms with E-state index in [4.69, 9.17) is 4.74 Å². The number of hydrogen-bond donors (Lipinski definition) is 1. The van der Waals surface area contributed by atoms with Gasteiger partial charge in [-0.25, -0.2) is 0 Å². The van der Waals surface area contributed by atoms with Crippen molar-refractivity contribution in [3.8, 4) is 11.8 Å². The molecule has 1 fully saturated rings. The summed E-state index contributed by atoms with van der Waals surface area (Å²) in [4.78, 5) is 10.8. The van der Waals surface area contributed by atoms with Gasteiger partial charge in [0.1, 0.15) is 6.10 Å². The molecule has 0 spiro atoms. The van der Waals surface area contributed by atoms with Crippen molar-refractivity contribution in [2.45, 2.75) is 38.8 Å². The van der Waals surface area contributed by atoms with Gasteiger partial charge in [-0.3, -0.25) is 4.79 Å². The van der Waals surface area contributed by atoms with Crippen LogP contribution in [0.15, 0.2) is 0 Å². The van der Waals surface area contributed by atoms with Crippen molar-refractivity contribution in [3.05, 3.63) is 0 Å². The molecule has 0 aliphatic carbocycles. The topological polar surface area (TPSA) is 38.3 Å². The Morgan fingerprint density at radius 2 is 2.38 bits per heavy atom. The largest absolute Gasteiger partial charge is 0.365 e. The molecular weight excluding hydrogens is 166 g/mol. The first-order chi connectivity index (χ1) is 6.22. The van der Waals surface area contributed by atoms with Crippen LogP contribution in [-0.2, 0) is 9.53 Å². The lowest BCUT2D eigenvalue weighted by Crippen LogP contribution is -2.40. The summed E-state index contributed by atoms with van der Waals surface area (Å²) in [6.45, 7) is 4.02. The van der Waals surface area contributed by atoms with Gasteiger partial charge < -0.3 is 10.1 Å². The summed E-state index contributed by atoms with van der Waals surface area (Å²) < 4.78 is 5.41. The summed E-state index contributed by atoms with van der Waals surface area (Å²) in [5, 5.41) is 2.88. The Bertz CT molecular complexity index is 239. The molecule has 0 bridgehead atoms. The Morgan fingerprint density at radius 3 is 3.00 bits per heavy atom. The first-order valence-electron chi connectivity index (χ1n) is 4.53. The highest BCUT2D eigenvalue weighted by Gasteiger charge is 2.21. The number of carbonyl (C=O) groups excluding carboxylic acids is 1. The van der Waals surface area contributed by atoms with Crippen LogP contribution < -0.4 is 5.32 Å². The molecule has 0 aromatic heterocycles. The van der Waals surface area contributed by atoms with Crippen LogP contribution in [0.4, 0.5) is 0 Å². The average molecular weight is 181 g/mol. The van der Waals surface area contributed by atoms with Gasteiger partial charge >= 0.3 is 0 Å². The molecule has 1 N–H and O–H groups in total. The Labute approximate surface area is 78.8 Å². The normalized spacial score (nSPS) is 27.2. The molecule has 3 heteroatoms. The molecular formula is C10H15NO2. The first-order valence-corrected chi connectivity index (χ1v) is 4.53. The summed E-state index contributed by atoms with van der Waals surface area (Å²) in [7, 11) is 0. The Hall–Kier alpha value is -1.01. The fraction of sp³-hybridized carbons (Fsp3) is 0.700. The fourth-order valence-corrected chi connectivity index (χ4v) is 1.48. The zero-order valence-corrected chi connectivity index (χ0v) is 8.09. The third-order valence-corrected chi connectivity index (χ3v) is 2.00. The van der Waals surface area contributed by atoms with Gasteiger partial charge in [0.2, 0.25) is 5.91 Å². The molecule has 2 unspecified atom stereocenters. The highest BCUT2D eigenvalue weighted by molar-refractivity contribution is 5.73. The molecule has 2 atom stereocenters. The minimum Gasteiger partial charge on any atom is -0.365 e. The van der Waals surface area contributed by atoms with Crippen LogP contribution >= 0.6 is 0 Å². The standard InChI is InChI=1S/C10H15NO2/c1-3-4-10-7-9(5-6-13-10)11-8(2)12/h9-10H,5-7H2,1-2H3,(H,11,12). The quantitative estimate of drug-likeness (QED) is 0.604. The number of carbonyl (C=O) groups is 1. The summed E-state index contributed by atoms with van der Waals surface area (Å²) in [6.07, 6.45) is 1.69. The van der Waals surface area contributed by atoms with E-state index in [0.29, 0.717) is 6.61 Å². The lowest BCUT2D eigenvalue weighted by atomic mass is 10.0. The summed E-state index contributed by atoms with van der Waals surface area (Å²) >= 11 is 0. The molecule has 0 saturated carbocycles. The van der Waals surface area contributed by atoms with Gasteiger partial charge in [-0.15, -0.1) is 5.92 Å². The second kappa shape index (κ2) is 4.88. The summed E-state index contributed by atoms with van der Waals surface area (Å²) in [5.74, 6) is 5.81. The fourth-order valence-electron chi connectivity index (χ4n) is 1.48. The maximum Gasteiger partial charge on any atom is 0.217 e. The van der Waals surface area contributed by atoms with Crippen molar-refractivity contribution < 1.29 is 9.53 Å². The maximum absolute atomic E-state index is 10.8. The molecule has 1 aliphatic rings. The number of rotatable bonds is 1. The third kappa shape index (κ3) is 3.47. The molecule has 0 aromatic carbocycles. The smallest absolute Gasteiger partial charge is 0.217 e. The number of hydrogen-bond acceptors (Lipinski definition) is 2. The van der Waals surface area contributed by atoms with Gasteiger partial charge in [0.25, 0.3) is 0 Å². The first kappa shape index (κ1) is 10.1. The molecule has 3 nitrogen and oxygen atoms in total. The van der Waals surface area contributed by atoms with E-state index in [1.807, 2.05) is 0 Å². The minimum atomic E-state index is -0.00407. The van der Waals surface area contributed by atoms with Crippen molar-refractivity contribution >= 4 is 5.91 Å². The van der Waals surface area contributed by atoms with Crippen molar-refractivity contribution in [1.29, 1.82) is 0 Å². The van der Waals surface area contributed by atoms with Crippen molar-refractivity contribution in [1.82, 2.24) is 5.32 Å². The van der Waals surface area contributed by atoms with E-state index in [2.05, 4.69) is 17.2 Å². The van der Waals surface area contributed by atoms with Crippen molar-refractivity contribution in [2.75, 3.05) is 6.61 Å². The Kier molecular flexibility index (Phi) is 3.78. The van der Waals surface area contributed by atoms with Crippen molar-refractivity contribution in [2.24, 2.45) is 0 Å². The predicted molar refractivity (Wildman–Crippen MR) is 50.0 cm³/mol. The second-order valence-electron chi connectivity index (χ2n) is 3.18. The molecule has 0 radical (unpaired) electrons. The second-order valence-corrected chi connectivity index (χ2v) is 3.18. The van der Waals surface area contributed by atoms with E-state index in [1.54, 1.807) is 6.92 Å². The van der Waals surface area contributed by atoms with Crippen LogP contribution in [0.2, 0.25) is 0 Å². The van der Waals surface area contributed by atoms with Gasteiger partial charge in [0, 0.05) is 19.4 Å². The average Bonchev–Trinajstić information content (AvgIpc) is 2.04. The highest BCUT2D eigenvalue weighted by atomic mass is 16.5. The molecule has 1 rings (SSSR count). The zero-order valence-electron chi connectivity index (χ0n) is 8.09. The van der Waals surface area contributed by atoms with E-state index in [0.717, 1.165) is 12.8 Å². The molecule has 72 valence electrons.